The molecule has 0 aliphatic carbocycles. The summed E-state index contributed by atoms with van der Waals surface area (Å²) in [5, 5.41) is 0. The molecule has 8 heteroatoms. The smallest absolute Gasteiger partial charge is 0.333 e. The third-order valence-electron chi connectivity index (χ3n) is 4.80. The second kappa shape index (κ2) is 7.46. The Balaban J connectivity index is 1.87. The van der Waals surface area contributed by atoms with Crippen LogP contribution in [-0.2, 0) is 0 Å². The second-order valence-corrected chi connectivity index (χ2v) is 7.31. The molecule has 1 aliphatic heterocycles. The van der Waals surface area contributed by atoms with E-state index >= 15 is 0 Å². The highest BCUT2D eigenvalue weighted by molar-refractivity contribution is 5.91. The van der Waals surface area contributed by atoms with Gasteiger partial charge in [-0.1, -0.05) is 0 Å². The van der Waals surface area contributed by atoms with Gasteiger partial charge in [0.25, 0.3) is 11.5 Å². The number of anilines is 1. The van der Waals surface area contributed by atoms with Crippen LogP contribution in [-0.4, -0.2) is 46.1 Å². The van der Waals surface area contributed by atoms with Gasteiger partial charge in [-0.25, -0.2) is 4.79 Å². The number of carbonyl (C=O) groups is 1. The Morgan fingerprint density at radius 3 is 2.15 bits per heavy atom. The van der Waals surface area contributed by atoms with Crippen LogP contribution in [0.25, 0.3) is 0 Å². The van der Waals surface area contributed by atoms with Crippen molar-refractivity contribution >= 4 is 11.7 Å². The van der Waals surface area contributed by atoms with E-state index < -0.39 is 0 Å². The predicted molar refractivity (Wildman–Crippen MR) is 103 cm³/mol. The van der Waals surface area contributed by atoms with Crippen LogP contribution in [0.3, 0.4) is 0 Å². The molecule has 3 rings (SSSR count). The Labute approximate surface area is 157 Å². The van der Waals surface area contributed by atoms with Crippen molar-refractivity contribution in [2.45, 2.75) is 39.8 Å². The molecule has 0 aromatic carbocycles. The summed E-state index contributed by atoms with van der Waals surface area (Å²) in [5.41, 5.74) is -0.590. The number of amides is 1. The molecule has 0 radical (unpaired) electrons. The van der Waals surface area contributed by atoms with E-state index in [2.05, 4.69) is 0 Å². The summed E-state index contributed by atoms with van der Waals surface area (Å²) in [6, 6.07) is 4.59. The van der Waals surface area contributed by atoms with E-state index in [4.69, 9.17) is 4.42 Å². The molecule has 3 heterocycles. The van der Waals surface area contributed by atoms with Gasteiger partial charge in [0.05, 0.1) is 6.26 Å². The summed E-state index contributed by atoms with van der Waals surface area (Å²) in [6.07, 6.45) is 1.48. The maximum Gasteiger partial charge on any atom is 0.333 e. The number of furan rings is 1. The molecule has 0 N–H and O–H groups in total. The molecule has 27 heavy (non-hydrogen) atoms. The monoisotopic (exact) mass is 374 g/mol. The largest absolute Gasteiger partial charge is 0.459 e. The number of aromatic nitrogens is 2. The lowest BCUT2D eigenvalue weighted by molar-refractivity contribution is 0.0714. The molecule has 2 aromatic rings. The minimum atomic E-state index is -0.295. The van der Waals surface area contributed by atoms with Gasteiger partial charge in [-0.05, 0) is 39.8 Å². The van der Waals surface area contributed by atoms with Crippen molar-refractivity contribution in [1.82, 2.24) is 14.0 Å². The summed E-state index contributed by atoms with van der Waals surface area (Å²) in [5.74, 6) is 0.792. The van der Waals surface area contributed by atoms with Crippen LogP contribution in [0.15, 0.2) is 38.5 Å². The Kier molecular flexibility index (Phi) is 5.25. The molecule has 0 bridgehead atoms. The van der Waals surface area contributed by atoms with Crippen molar-refractivity contribution < 1.29 is 9.21 Å². The van der Waals surface area contributed by atoms with E-state index in [1.54, 1.807) is 21.6 Å². The van der Waals surface area contributed by atoms with Crippen LogP contribution < -0.4 is 16.1 Å². The van der Waals surface area contributed by atoms with Crippen molar-refractivity contribution in [2.75, 3.05) is 31.1 Å². The number of nitrogens with zero attached hydrogens (tertiary/aromatic N) is 4. The fourth-order valence-electron chi connectivity index (χ4n) is 3.46. The summed E-state index contributed by atoms with van der Waals surface area (Å²) >= 11 is 0. The zero-order chi connectivity index (χ0) is 19.7. The molecule has 1 aliphatic rings. The van der Waals surface area contributed by atoms with Gasteiger partial charge >= 0.3 is 5.69 Å². The van der Waals surface area contributed by atoms with Crippen molar-refractivity contribution in [1.29, 1.82) is 0 Å². The molecule has 146 valence electrons. The Hall–Kier alpha value is -2.77. The predicted octanol–water partition coefficient (Wildman–Crippen LogP) is 1.73. The van der Waals surface area contributed by atoms with Crippen LogP contribution in [0.5, 0.6) is 0 Å². The van der Waals surface area contributed by atoms with Crippen molar-refractivity contribution in [3.05, 3.63) is 51.1 Å². The fraction of sp³-hybridized carbons (Fsp3) is 0.526. The lowest BCUT2D eigenvalue weighted by Crippen LogP contribution is -2.51. The molecule has 1 amide bonds. The van der Waals surface area contributed by atoms with E-state index in [1.165, 1.54) is 16.9 Å². The number of carbonyl (C=O) groups excluding carboxylic acids is 1. The standard InChI is InChI=1S/C19H26N4O4/c1-13(2)22-16(12-17(24)23(14(3)4)19(22)26)20-7-9-21(10-8-20)18(25)15-6-5-11-27-15/h5-6,11-14H,7-10H2,1-4H3. The Morgan fingerprint density at radius 2 is 1.63 bits per heavy atom. The van der Waals surface area contributed by atoms with E-state index in [9.17, 15) is 14.4 Å². The van der Waals surface area contributed by atoms with E-state index in [0.29, 0.717) is 37.8 Å². The number of rotatable bonds is 4. The number of hydrogen-bond acceptors (Lipinski definition) is 5. The maximum atomic E-state index is 12.9. The fourth-order valence-corrected chi connectivity index (χ4v) is 3.46. The first-order valence-corrected chi connectivity index (χ1v) is 9.27. The van der Waals surface area contributed by atoms with Crippen LogP contribution in [0.2, 0.25) is 0 Å². The Bertz CT molecular complexity index is 916. The van der Waals surface area contributed by atoms with Crippen LogP contribution in [0.1, 0.15) is 50.3 Å². The highest BCUT2D eigenvalue weighted by Gasteiger charge is 2.26. The molecule has 0 atom stereocenters. The van der Waals surface area contributed by atoms with Gasteiger partial charge < -0.3 is 14.2 Å². The minimum absolute atomic E-state index is 0.0825. The van der Waals surface area contributed by atoms with Gasteiger partial charge in [0.15, 0.2) is 5.76 Å². The highest BCUT2D eigenvalue weighted by Crippen LogP contribution is 2.19. The first-order chi connectivity index (χ1) is 12.8. The van der Waals surface area contributed by atoms with Gasteiger partial charge in [-0.3, -0.25) is 18.7 Å². The SMILES string of the molecule is CC(C)n1c(N2CCN(C(=O)c3ccco3)CC2)cc(=O)n(C(C)C)c1=O. The number of piperazine rings is 1. The summed E-state index contributed by atoms with van der Waals surface area (Å²) in [4.78, 5) is 41.5. The van der Waals surface area contributed by atoms with Gasteiger partial charge in [0, 0.05) is 44.3 Å². The van der Waals surface area contributed by atoms with Crippen molar-refractivity contribution in [3.63, 3.8) is 0 Å². The lowest BCUT2D eigenvalue weighted by atomic mass is 10.2. The third kappa shape index (κ3) is 3.56. The average Bonchev–Trinajstić information content (AvgIpc) is 3.14. The second-order valence-electron chi connectivity index (χ2n) is 7.31. The number of hydrogen-bond donors (Lipinski definition) is 0. The van der Waals surface area contributed by atoms with Crippen molar-refractivity contribution in [3.8, 4) is 0 Å². The summed E-state index contributed by atoms with van der Waals surface area (Å²) < 4.78 is 8.12. The van der Waals surface area contributed by atoms with E-state index in [-0.39, 0.29) is 29.2 Å². The maximum absolute atomic E-state index is 12.9. The van der Waals surface area contributed by atoms with Gasteiger partial charge in [0.2, 0.25) is 0 Å². The summed E-state index contributed by atoms with van der Waals surface area (Å²) in [7, 11) is 0. The molecular formula is C19H26N4O4. The normalized spacial score (nSPS) is 15.0. The average molecular weight is 374 g/mol. The summed E-state index contributed by atoms with van der Waals surface area (Å²) in [6.45, 7) is 9.59. The third-order valence-corrected chi connectivity index (χ3v) is 4.80. The van der Waals surface area contributed by atoms with Gasteiger partial charge in [-0.15, -0.1) is 0 Å². The topological polar surface area (TPSA) is 80.7 Å². The first kappa shape index (κ1) is 19.0. The highest BCUT2D eigenvalue weighted by atomic mass is 16.3. The Morgan fingerprint density at radius 1 is 1.00 bits per heavy atom. The molecule has 0 spiro atoms. The lowest BCUT2D eigenvalue weighted by Gasteiger charge is -2.37. The molecule has 1 fully saturated rings. The quantitative estimate of drug-likeness (QED) is 0.814. The van der Waals surface area contributed by atoms with E-state index in [0.717, 1.165) is 0 Å². The van der Waals surface area contributed by atoms with Crippen LogP contribution in [0, 0.1) is 0 Å². The minimum Gasteiger partial charge on any atom is -0.459 e. The van der Waals surface area contributed by atoms with Crippen LogP contribution >= 0.6 is 0 Å². The van der Waals surface area contributed by atoms with Crippen molar-refractivity contribution in [2.24, 2.45) is 0 Å². The molecular weight excluding hydrogens is 348 g/mol. The molecule has 0 unspecified atom stereocenters. The zero-order valence-corrected chi connectivity index (χ0v) is 16.2. The molecule has 8 nitrogen and oxygen atoms in total. The van der Waals surface area contributed by atoms with Gasteiger partial charge in [0.1, 0.15) is 5.82 Å². The van der Waals surface area contributed by atoms with Gasteiger partial charge in [-0.2, -0.15) is 0 Å². The first-order valence-electron chi connectivity index (χ1n) is 9.27. The van der Waals surface area contributed by atoms with Crippen LogP contribution in [0.4, 0.5) is 5.82 Å². The van der Waals surface area contributed by atoms with E-state index in [1.807, 2.05) is 32.6 Å². The molecule has 1 saturated heterocycles. The molecule has 0 saturated carbocycles. The zero-order valence-electron chi connectivity index (χ0n) is 16.2. The molecule has 2 aromatic heterocycles.